The van der Waals surface area contributed by atoms with E-state index in [0.29, 0.717) is 10.3 Å². The Balaban J connectivity index is 1.88. The van der Waals surface area contributed by atoms with E-state index in [9.17, 15) is 27.2 Å². The molecule has 1 fully saturated rings. The monoisotopic (exact) mass is 419 g/mol. The Hall–Kier alpha value is -3.35. The Labute approximate surface area is 168 Å². The normalized spacial score (nSPS) is 22.3. The third-order valence-corrected chi connectivity index (χ3v) is 5.60. The molecule has 0 bridgehead atoms. The van der Waals surface area contributed by atoms with Gasteiger partial charge in [0.05, 0.1) is 17.5 Å². The van der Waals surface area contributed by atoms with E-state index in [-0.39, 0.29) is 29.6 Å². The maximum Gasteiger partial charge on any atom is 0.506 e. The molecule has 10 heteroatoms. The minimum atomic E-state index is -4.48. The summed E-state index contributed by atoms with van der Waals surface area (Å²) in [6, 6.07) is 5.04. The number of amides is 3. The molecule has 154 valence electrons. The molecular formula is C20H15F4N4O2+. The summed E-state index contributed by atoms with van der Waals surface area (Å²) in [6.45, 7) is -0.425. The van der Waals surface area contributed by atoms with Crippen LogP contribution in [0.1, 0.15) is 19.3 Å². The fourth-order valence-corrected chi connectivity index (χ4v) is 4.19. The van der Waals surface area contributed by atoms with Gasteiger partial charge in [-0.2, -0.15) is 27.8 Å². The van der Waals surface area contributed by atoms with Gasteiger partial charge in [0.15, 0.2) is 12.2 Å². The Morgan fingerprint density at radius 2 is 2.03 bits per heavy atom. The zero-order valence-corrected chi connectivity index (χ0v) is 15.5. The second-order valence-electron chi connectivity index (χ2n) is 7.25. The lowest BCUT2D eigenvalue weighted by Gasteiger charge is -2.34. The zero-order valence-electron chi connectivity index (χ0n) is 15.5. The summed E-state index contributed by atoms with van der Waals surface area (Å²) in [7, 11) is 0. The van der Waals surface area contributed by atoms with Gasteiger partial charge in [-0.05, 0) is 18.9 Å². The minimum absolute atomic E-state index is 0.0438. The van der Waals surface area contributed by atoms with Gasteiger partial charge in [0, 0.05) is 18.0 Å². The molecule has 1 aliphatic carbocycles. The molecule has 1 saturated carbocycles. The molecule has 2 aromatic rings. The highest BCUT2D eigenvalue weighted by atomic mass is 19.4. The zero-order chi connectivity index (χ0) is 21.6. The van der Waals surface area contributed by atoms with Crippen molar-refractivity contribution >= 4 is 34.1 Å². The molecule has 2 heterocycles. The highest BCUT2D eigenvalue weighted by Crippen LogP contribution is 2.42. The Morgan fingerprint density at radius 3 is 2.73 bits per heavy atom. The number of anilines is 1. The van der Waals surface area contributed by atoms with Crippen LogP contribution in [0.4, 0.5) is 28.0 Å². The first-order valence-electron chi connectivity index (χ1n) is 9.21. The predicted octanol–water partition coefficient (Wildman–Crippen LogP) is 3.80. The Kier molecular flexibility index (Phi) is 4.76. The topological polar surface area (TPSA) is 77.1 Å². The van der Waals surface area contributed by atoms with Crippen LogP contribution in [0.15, 0.2) is 30.6 Å². The molecule has 4 rings (SSSR count). The maximum atomic E-state index is 14.6. The average Bonchev–Trinajstić information content (AvgIpc) is 2.70. The second-order valence-corrected chi connectivity index (χ2v) is 7.25. The average molecular weight is 419 g/mol. The number of benzene rings is 1. The van der Waals surface area contributed by atoms with Gasteiger partial charge in [-0.3, -0.25) is 4.98 Å². The number of nitriles is 1. The first-order chi connectivity index (χ1) is 14.2. The summed E-state index contributed by atoms with van der Waals surface area (Å²) < 4.78 is 55.5. The van der Waals surface area contributed by atoms with Crippen LogP contribution in [0.3, 0.4) is 0 Å². The number of imide groups is 1. The van der Waals surface area contributed by atoms with E-state index in [0.717, 1.165) is 16.8 Å². The first kappa shape index (κ1) is 19.9. The molecule has 6 nitrogen and oxygen atoms in total. The number of pyridine rings is 1. The number of rotatable bonds is 2. The molecule has 1 aliphatic heterocycles. The number of halogens is 4. The lowest BCUT2D eigenvalue weighted by Crippen LogP contribution is -2.57. The summed E-state index contributed by atoms with van der Waals surface area (Å²) in [5.74, 6) is -4.49. The van der Waals surface area contributed by atoms with E-state index in [1.165, 1.54) is 12.3 Å². The highest BCUT2D eigenvalue weighted by molar-refractivity contribution is 6.25. The first-order valence-corrected chi connectivity index (χ1v) is 9.21. The Bertz CT molecular complexity index is 1130. The van der Waals surface area contributed by atoms with Crippen molar-refractivity contribution in [2.45, 2.75) is 25.4 Å². The van der Waals surface area contributed by atoms with Gasteiger partial charge in [0.1, 0.15) is 23.5 Å². The minimum Gasteiger partial charge on any atom is -0.260 e. The summed E-state index contributed by atoms with van der Waals surface area (Å²) in [5, 5.41) is 9.42. The van der Waals surface area contributed by atoms with Crippen LogP contribution in [0.5, 0.6) is 0 Å². The van der Waals surface area contributed by atoms with Gasteiger partial charge in [-0.15, -0.1) is 4.90 Å². The van der Waals surface area contributed by atoms with E-state index in [4.69, 9.17) is 5.26 Å². The molecule has 2 aliphatic rings. The summed E-state index contributed by atoms with van der Waals surface area (Å²) >= 11 is 0. The smallest absolute Gasteiger partial charge is 0.260 e. The Morgan fingerprint density at radius 1 is 1.27 bits per heavy atom. The van der Waals surface area contributed by atoms with Crippen molar-refractivity contribution in [3.05, 3.63) is 36.4 Å². The molecule has 0 radical (unpaired) electrons. The van der Waals surface area contributed by atoms with Gasteiger partial charge >= 0.3 is 18.1 Å². The molecular weight excluding hydrogens is 404 g/mol. The quantitative estimate of drug-likeness (QED) is 0.422. The molecule has 1 aromatic heterocycles. The fourth-order valence-electron chi connectivity index (χ4n) is 4.19. The lowest BCUT2D eigenvalue weighted by atomic mass is 9.77. The van der Waals surface area contributed by atoms with Crippen molar-refractivity contribution in [3.63, 3.8) is 0 Å². The number of aromatic nitrogens is 1. The van der Waals surface area contributed by atoms with Gasteiger partial charge in [0.2, 0.25) is 0 Å². The number of carbonyl (C=O) groups is 2. The van der Waals surface area contributed by atoms with E-state index in [2.05, 4.69) is 4.98 Å². The van der Waals surface area contributed by atoms with Crippen LogP contribution < -0.4 is 4.90 Å². The van der Waals surface area contributed by atoms with Crippen LogP contribution in [-0.4, -0.2) is 39.9 Å². The molecule has 1 unspecified atom stereocenters. The van der Waals surface area contributed by atoms with Crippen LogP contribution in [0.25, 0.3) is 10.8 Å². The van der Waals surface area contributed by atoms with E-state index >= 15 is 0 Å². The molecule has 0 spiro atoms. The molecule has 2 atom stereocenters. The van der Waals surface area contributed by atoms with Crippen molar-refractivity contribution in [2.75, 3.05) is 11.4 Å². The van der Waals surface area contributed by atoms with Crippen LogP contribution in [0, 0.1) is 29.0 Å². The summed E-state index contributed by atoms with van der Waals surface area (Å²) in [6.07, 6.45) is -2.91. The van der Waals surface area contributed by atoms with Gasteiger partial charge in [-0.1, -0.05) is 12.1 Å². The third-order valence-electron chi connectivity index (χ3n) is 5.60. The maximum absolute atomic E-state index is 14.6. The van der Waals surface area contributed by atoms with Crippen molar-refractivity contribution in [1.29, 1.82) is 5.26 Å². The molecule has 30 heavy (non-hydrogen) atoms. The van der Waals surface area contributed by atoms with Gasteiger partial charge in [0.25, 0.3) is 0 Å². The largest absolute Gasteiger partial charge is 0.506 e. The van der Waals surface area contributed by atoms with Crippen LogP contribution in [0.2, 0.25) is 0 Å². The highest BCUT2D eigenvalue weighted by Gasteiger charge is 2.55. The number of carbonyl (C=O) groups excluding carboxylic acids is 2. The second kappa shape index (κ2) is 7.16. The summed E-state index contributed by atoms with van der Waals surface area (Å²) in [5.41, 5.74) is 0.0497. The molecule has 1 aromatic carbocycles. The van der Waals surface area contributed by atoms with Gasteiger partial charge in [-0.25, -0.2) is 9.18 Å². The number of urea groups is 1. The molecule has 0 saturated heterocycles. The number of alkyl halides is 3. The van der Waals surface area contributed by atoms with Crippen molar-refractivity contribution in [1.82, 2.24) is 4.98 Å². The fraction of sp³-hybridized carbons (Fsp3) is 0.350. The number of fused-ring (bicyclic) bond motifs is 2. The SMILES string of the molecule is N#CC[N+]1=C2CC[C@H](C(F)(F)F)CC2C(=O)N(c2cncc3cccc(F)c23)C1=O. The van der Waals surface area contributed by atoms with Crippen LogP contribution in [-0.2, 0) is 4.79 Å². The molecule has 0 N–H and O–H groups in total. The predicted molar refractivity (Wildman–Crippen MR) is 97.2 cm³/mol. The van der Waals surface area contributed by atoms with Crippen LogP contribution >= 0.6 is 0 Å². The van der Waals surface area contributed by atoms with Gasteiger partial charge < -0.3 is 0 Å². The summed E-state index contributed by atoms with van der Waals surface area (Å²) in [4.78, 5) is 30.9. The number of hydrogen-bond acceptors (Lipinski definition) is 4. The van der Waals surface area contributed by atoms with Crippen molar-refractivity contribution in [3.8, 4) is 6.07 Å². The number of nitrogens with zero attached hydrogens (tertiary/aromatic N) is 4. The van der Waals surface area contributed by atoms with Crippen molar-refractivity contribution in [2.24, 2.45) is 11.8 Å². The van der Waals surface area contributed by atoms with E-state index in [1.807, 2.05) is 6.07 Å². The van der Waals surface area contributed by atoms with E-state index < -0.39 is 48.7 Å². The third kappa shape index (κ3) is 3.10. The van der Waals surface area contributed by atoms with Crippen molar-refractivity contribution < 1.29 is 31.7 Å². The lowest BCUT2D eigenvalue weighted by molar-refractivity contribution is -0.418. The standard InChI is InChI=1S/C20H15F4N4O2/c21-14-3-1-2-11-9-26-10-16(17(11)14)28-18(29)13-8-12(20(22,23)24)4-5-15(13)27(7-6-25)19(28)30/h1-3,9-10,12-13H,4-5,7-8H2/q+1/t12-,13?/m0/s1. The number of hydrogen-bond donors (Lipinski definition) is 0. The van der Waals surface area contributed by atoms with E-state index in [1.54, 1.807) is 6.07 Å². The molecule has 3 amide bonds.